The Hall–Kier alpha value is -1.57. The van der Waals surface area contributed by atoms with Crippen molar-refractivity contribution in [3.05, 3.63) is 42.5 Å². The molecule has 0 unspecified atom stereocenters. The van der Waals surface area contributed by atoms with Gasteiger partial charge in [-0.05, 0) is 24.1 Å². The highest BCUT2D eigenvalue weighted by atomic mass is 127. The van der Waals surface area contributed by atoms with E-state index in [1.54, 1.807) is 13.1 Å². The van der Waals surface area contributed by atoms with Gasteiger partial charge in [0, 0.05) is 19.3 Å². The maximum absolute atomic E-state index is 11.8. The maximum atomic E-state index is 11.8. The largest absolute Gasteiger partial charge is 0.353 e. The lowest BCUT2D eigenvalue weighted by Gasteiger charge is -2.11. The highest BCUT2D eigenvalue weighted by molar-refractivity contribution is 14.0. The number of aryl methyl sites for hydroxylation is 1. The van der Waals surface area contributed by atoms with Crippen LogP contribution >= 0.6 is 24.0 Å². The number of rotatable bonds is 6. The Bertz CT molecular complexity index is 488. The van der Waals surface area contributed by atoms with Crippen LogP contribution in [0.25, 0.3) is 0 Å². The molecule has 6 heteroatoms. The van der Waals surface area contributed by atoms with E-state index in [9.17, 15) is 4.79 Å². The molecule has 0 spiro atoms. The van der Waals surface area contributed by atoms with Crippen LogP contribution in [0, 0.1) is 0 Å². The molecule has 0 saturated heterocycles. The number of hydrogen-bond acceptors (Lipinski definition) is 2. The van der Waals surface area contributed by atoms with E-state index in [1.165, 1.54) is 5.56 Å². The highest BCUT2D eigenvalue weighted by Crippen LogP contribution is 2.10. The Morgan fingerprint density at radius 3 is 2.76 bits per heavy atom. The summed E-state index contributed by atoms with van der Waals surface area (Å²) in [4.78, 5) is 15.8. The molecule has 3 N–H and O–H groups in total. The van der Waals surface area contributed by atoms with Crippen LogP contribution in [-0.4, -0.2) is 32.0 Å². The predicted octanol–water partition coefficient (Wildman–Crippen LogP) is 2.16. The molecule has 21 heavy (non-hydrogen) atoms. The zero-order chi connectivity index (χ0) is 14.8. The average Bonchev–Trinajstić information content (AvgIpc) is 2.47. The van der Waals surface area contributed by atoms with Crippen LogP contribution in [0.5, 0.6) is 0 Å². The van der Waals surface area contributed by atoms with Gasteiger partial charge in [-0.2, -0.15) is 0 Å². The van der Waals surface area contributed by atoms with Crippen molar-refractivity contribution < 1.29 is 4.79 Å². The van der Waals surface area contributed by atoms with Gasteiger partial charge in [0.25, 0.3) is 0 Å². The Kier molecular flexibility index (Phi) is 10.3. The number of carbonyl (C=O) groups is 1. The molecule has 0 radical (unpaired) electrons. The second-order valence-corrected chi connectivity index (χ2v) is 4.20. The number of hydrogen-bond donors (Lipinski definition) is 3. The fraction of sp³-hybridized carbons (Fsp3) is 0.333. The molecule has 1 aromatic carbocycles. The fourth-order valence-corrected chi connectivity index (χ4v) is 1.63. The third-order valence-electron chi connectivity index (χ3n) is 2.67. The van der Waals surface area contributed by atoms with Gasteiger partial charge in [0.15, 0.2) is 5.96 Å². The molecule has 0 fully saturated rings. The molecule has 0 bridgehead atoms. The summed E-state index contributed by atoms with van der Waals surface area (Å²) < 4.78 is 0. The first-order chi connectivity index (χ1) is 9.69. The molecule has 0 heterocycles. The second kappa shape index (κ2) is 11.1. The molecule has 116 valence electrons. The van der Waals surface area contributed by atoms with Crippen molar-refractivity contribution in [3.63, 3.8) is 0 Å². The quantitative estimate of drug-likeness (QED) is 0.296. The lowest BCUT2D eigenvalue weighted by atomic mass is 10.1. The number of amides is 1. The van der Waals surface area contributed by atoms with E-state index in [0.29, 0.717) is 12.5 Å². The Balaban J connectivity index is 0.00000400. The van der Waals surface area contributed by atoms with Crippen LogP contribution in [0.15, 0.2) is 41.9 Å². The minimum absolute atomic E-state index is 0. The number of halogens is 1. The van der Waals surface area contributed by atoms with E-state index in [4.69, 9.17) is 0 Å². The lowest BCUT2D eigenvalue weighted by molar-refractivity contribution is -0.115. The number of nitrogens with one attached hydrogen (secondary N) is 3. The number of benzene rings is 1. The molecular formula is C15H23IN4O. The van der Waals surface area contributed by atoms with Crippen molar-refractivity contribution >= 4 is 41.5 Å². The van der Waals surface area contributed by atoms with Crippen LogP contribution in [0.4, 0.5) is 5.69 Å². The third-order valence-corrected chi connectivity index (χ3v) is 2.67. The van der Waals surface area contributed by atoms with Crippen LogP contribution in [0.2, 0.25) is 0 Å². The Morgan fingerprint density at radius 2 is 2.14 bits per heavy atom. The summed E-state index contributed by atoms with van der Waals surface area (Å²) in [7, 11) is 1.65. The molecule has 1 amide bonds. The van der Waals surface area contributed by atoms with Crippen LogP contribution in [0.3, 0.4) is 0 Å². The van der Waals surface area contributed by atoms with Crippen molar-refractivity contribution in [2.45, 2.75) is 13.3 Å². The van der Waals surface area contributed by atoms with Gasteiger partial charge >= 0.3 is 0 Å². The molecule has 1 aromatic rings. The zero-order valence-electron chi connectivity index (χ0n) is 12.5. The topological polar surface area (TPSA) is 65.5 Å². The standard InChI is InChI=1S/C15H22N4O.HI/c1-4-9-17-15(16-3)18-11-14(20)19-13-8-6-7-12(5-2)10-13;/h4,6-8,10H,1,5,9,11H2,2-3H3,(H,19,20)(H2,16,17,18);1H. The van der Waals surface area contributed by atoms with Gasteiger partial charge < -0.3 is 16.0 Å². The molecule has 0 aliphatic carbocycles. The minimum Gasteiger partial charge on any atom is -0.353 e. The smallest absolute Gasteiger partial charge is 0.243 e. The van der Waals surface area contributed by atoms with Crippen LogP contribution in [0.1, 0.15) is 12.5 Å². The van der Waals surface area contributed by atoms with E-state index in [2.05, 4.69) is 34.4 Å². The monoisotopic (exact) mass is 402 g/mol. The summed E-state index contributed by atoms with van der Waals surface area (Å²) in [6, 6.07) is 7.83. The minimum atomic E-state index is -0.111. The number of anilines is 1. The van der Waals surface area contributed by atoms with Gasteiger partial charge in [-0.15, -0.1) is 30.6 Å². The fourth-order valence-electron chi connectivity index (χ4n) is 1.63. The van der Waals surface area contributed by atoms with Gasteiger partial charge in [-0.25, -0.2) is 0 Å². The number of aliphatic imine (C=N–C) groups is 1. The summed E-state index contributed by atoms with van der Waals surface area (Å²) in [5, 5.41) is 8.78. The summed E-state index contributed by atoms with van der Waals surface area (Å²) >= 11 is 0. The first-order valence-electron chi connectivity index (χ1n) is 6.63. The van der Waals surface area contributed by atoms with Crippen LogP contribution < -0.4 is 16.0 Å². The molecule has 0 aromatic heterocycles. The van der Waals surface area contributed by atoms with Gasteiger partial charge in [0.05, 0.1) is 6.54 Å². The first kappa shape index (κ1) is 19.4. The van der Waals surface area contributed by atoms with Gasteiger partial charge in [-0.3, -0.25) is 9.79 Å². The second-order valence-electron chi connectivity index (χ2n) is 4.20. The maximum Gasteiger partial charge on any atom is 0.243 e. The highest BCUT2D eigenvalue weighted by Gasteiger charge is 2.04. The third kappa shape index (κ3) is 7.69. The molecule has 5 nitrogen and oxygen atoms in total. The Labute approximate surface area is 143 Å². The van der Waals surface area contributed by atoms with Crippen molar-refractivity contribution in [2.24, 2.45) is 4.99 Å². The van der Waals surface area contributed by atoms with Crippen molar-refractivity contribution in [3.8, 4) is 0 Å². The molecule has 0 saturated carbocycles. The predicted molar refractivity (Wildman–Crippen MR) is 99.4 cm³/mol. The Morgan fingerprint density at radius 1 is 1.38 bits per heavy atom. The molecular weight excluding hydrogens is 379 g/mol. The van der Waals surface area contributed by atoms with Gasteiger partial charge in [-0.1, -0.05) is 25.1 Å². The summed E-state index contributed by atoms with van der Waals surface area (Å²) in [5.74, 6) is 0.460. The van der Waals surface area contributed by atoms with Gasteiger partial charge in [0.2, 0.25) is 5.91 Å². The van der Waals surface area contributed by atoms with E-state index < -0.39 is 0 Å². The molecule has 1 rings (SSSR count). The summed E-state index contributed by atoms with van der Waals surface area (Å²) in [6.45, 7) is 6.45. The van der Waals surface area contributed by atoms with Gasteiger partial charge in [0.1, 0.15) is 0 Å². The van der Waals surface area contributed by atoms with E-state index >= 15 is 0 Å². The molecule has 0 aliphatic rings. The number of guanidine groups is 1. The first-order valence-corrected chi connectivity index (χ1v) is 6.63. The summed E-state index contributed by atoms with van der Waals surface area (Å²) in [6.07, 6.45) is 2.67. The average molecular weight is 402 g/mol. The normalized spacial score (nSPS) is 10.3. The van der Waals surface area contributed by atoms with Crippen molar-refractivity contribution in [2.75, 3.05) is 25.5 Å². The van der Waals surface area contributed by atoms with Crippen molar-refractivity contribution in [1.82, 2.24) is 10.6 Å². The zero-order valence-corrected chi connectivity index (χ0v) is 14.8. The van der Waals surface area contributed by atoms with Crippen LogP contribution in [-0.2, 0) is 11.2 Å². The molecule has 0 atom stereocenters. The van der Waals surface area contributed by atoms with E-state index in [0.717, 1.165) is 12.1 Å². The summed E-state index contributed by atoms with van der Waals surface area (Å²) in [5.41, 5.74) is 2.00. The van der Waals surface area contributed by atoms with Crippen molar-refractivity contribution in [1.29, 1.82) is 0 Å². The SMILES string of the molecule is C=CCNC(=NC)NCC(=O)Nc1cccc(CC)c1.I. The van der Waals surface area contributed by atoms with E-state index in [-0.39, 0.29) is 36.4 Å². The number of carbonyl (C=O) groups excluding carboxylic acids is 1. The lowest BCUT2D eigenvalue weighted by Crippen LogP contribution is -2.41. The van der Waals surface area contributed by atoms with E-state index in [1.807, 2.05) is 24.3 Å². The molecule has 0 aliphatic heterocycles. The number of nitrogens with zero attached hydrogens (tertiary/aromatic N) is 1.